The maximum Gasteiger partial charge on any atom is 0.471 e. The number of likely N-dealkylation sites (tertiary alicyclic amines) is 1. The van der Waals surface area contributed by atoms with Gasteiger partial charge in [0.1, 0.15) is 18.7 Å². The first-order valence-electron chi connectivity index (χ1n) is 10.5. The standard InChI is InChI=1S/C23H29F3N2O4/c1-21(2,3)17(27-20(31)23(24,25)26)18(29)28-11-14-15(22(14,4)5)16(28)19(30)32-12-13-9-7-6-8-10-13/h6-10,14-17H,11-12H2,1-5H3,(H,27,31)/t14-,15-,16-,17+/m0/s1. The molecule has 32 heavy (non-hydrogen) atoms. The van der Waals surface area contributed by atoms with E-state index in [0.717, 1.165) is 5.56 Å². The zero-order valence-corrected chi connectivity index (χ0v) is 18.8. The molecule has 2 fully saturated rings. The Morgan fingerprint density at radius 2 is 1.75 bits per heavy atom. The highest BCUT2D eigenvalue weighted by molar-refractivity contribution is 5.93. The summed E-state index contributed by atoms with van der Waals surface area (Å²) in [6, 6.07) is 6.72. The lowest BCUT2D eigenvalue weighted by molar-refractivity contribution is -0.176. The van der Waals surface area contributed by atoms with Crippen molar-refractivity contribution in [3.05, 3.63) is 35.9 Å². The maximum absolute atomic E-state index is 13.4. The molecule has 176 valence electrons. The smallest absolute Gasteiger partial charge is 0.459 e. The van der Waals surface area contributed by atoms with Crippen LogP contribution in [0.2, 0.25) is 0 Å². The number of carbonyl (C=O) groups is 3. The quantitative estimate of drug-likeness (QED) is 0.693. The number of esters is 1. The van der Waals surface area contributed by atoms with Crippen LogP contribution >= 0.6 is 0 Å². The first-order chi connectivity index (χ1) is 14.7. The number of alkyl halides is 3. The Morgan fingerprint density at radius 1 is 1.16 bits per heavy atom. The van der Waals surface area contributed by atoms with Crippen LogP contribution in [0.3, 0.4) is 0 Å². The molecule has 1 aliphatic heterocycles. The van der Waals surface area contributed by atoms with E-state index in [0.29, 0.717) is 0 Å². The van der Waals surface area contributed by atoms with Crippen molar-refractivity contribution in [3.8, 4) is 0 Å². The lowest BCUT2D eigenvalue weighted by Crippen LogP contribution is -2.59. The number of nitrogens with zero attached hydrogens (tertiary/aromatic N) is 1. The number of amides is 2. The minimum Gasteiger partial charge on any atom is -0.459 e. The van der Waals surface area contributed by atoms with E-state index in [-0.39, 0.29) is 30.4 Å². The molecule has 0 aromatic heterocycles. The Balaban J connectivity index is 1.81. The zero-order valence-electron chi connectivity index (χ0n) is 18.8. The number of halogens is 3. The van der Waals surface area contributed by atoms with Crippen molar-refractivity contribution < 1.29 is 32.3 Å². The van der Waals surface area contributed by atoms with Gasteiger partial charge in [-0.3, -0.25) is 9.59 Å². The van der Waals surface area contributed by atoms with E-state index in [1.807, 2.05) is 37.4 Å². The maximum atomic E-state index is 13.4. The van der Waals surface area contributed by atoms with Gasteiger partial charge in [-0.15, -0.1) is 0 Å². The largest absolute Gasteiger partial charge is 0.471 e. The number of piperidine rings is 1. The van der Waals surface area contributed by atoms with Gasteiger partial charge in [0.2, 0.25) is 5.91 Å². The van der Waals surface area contributed by atoms with E-state index in [2.05, 4.69) is 0 Å². The average Bonchev–Trinajstić information content (AvgIpc) is 3.03. The van der Waals surface area contributed by atoms with Crippen molar-refractivity contribution in [1.82, 2.24) is 10.2 Å². The van der Waals surface area contributed by atoms with E-state index in [4.69, 9.17) is 4.74 Å². The second kappa shape index (κ2) is 8.08. The van der Waals surface area contributed by atoms with Gasteiger partial charge in [0.15, 0.2) is 0 Å². The summed E-state index contributed by atoms with van der Waals surface area (Å²) in [4.78, 5) is 39.3. The SMILES string of the molecule is CC(C)(C)[C@H](NC(=O)C(F)(F)F)C(=O)N1C[C@H]2[C@@H]([C@H]1C(=O)OCc1ccccc1)C2(C)C. The van der Waals surface area contributed by atoms with Gasteiger partial charge < -0.3 is 15.0 Å². The fourth-order valence-corrected chi connectivity index (χ4v) is 4.62. The Bertz CT molecular complexity index is 893. The van der Waals surface area contributed by atoms with E-state index >= 15 is 0 Å². The van der Waals surface area contributed by atoms with Crippen LogP contribution in [0, 0.1) is 22.7 Å². The molecule has 2 amide bonds. The van der Waals surface area contributed by atoms with Gasteiger partial charge in [-0.05, 0) is 22.3 Å². The van der Waals surface area contributed by atoms with Crippen molar-refractivity contribution in [3.63, 3.8) is 0 Å². The third-order valence-electron chi connectivity index (χ3n) is 6.60. The summed E-state index contributed by atoms with van der Waals surface area (Å²) in [5.74, 6) is -3.58. The third kappa shape index (κ3) is 4.61. The predicted octanol–water partition coefficient (Wildman–Crippen LogP) is 3.31. The van der Waals surface area contributed by atoms with E-state index in [9.17, 15) is 27.6 Å². The summed E-state index contributed by atoms with van der Waals surface area (Å²) < 4.78 is 44.1. The summed E-state index contributed by atoms with van der Waals surface area (Å²) in [5, 5.41) is 1.83. The molecule has 3 rings (SSSR count). The molecule has 1 aliphatic carbocycles. The second-order valence-electron chi connectivity index (χ2n) is 10.3. The van der Waals surface area contributed by atoms with Crippen molar-refractivity contribution in [2.75, 3.05) is 6.54 Å². The van der Waals surface area contributed by atoms with E-state index in [1.165, 1.54) is 4.90 Å². The van der Waals surface area contributed by atoms with Gasteiger partial charge in [-0.2, -0.15) is 13.2 Å². The molecule has 4 atom stereocenters. The van der Waals surface area contributed by atoms with Crippen LogP contribution in [0.4, 0.5) is 13.2 Å². The number of carbonyl (C=O) groups excluding carboxylic acids is 3. The minimum atomic E-state index is -5.12. The minimum absolute atomic E-state index is 0.0313. The van der Waals surface area contributed by atoms with Crippen LogP contribution < -0.4 is 5.32 Å². The molecule has 1 saturated heterocycles. The number of hydrogen-bond acceptors (Lipinski definition) is 4. The van der Waals surface area contributed by atoms with Crippen LogP contribution in [0.1, 0.15) is 40.2 Å². The zero-order chi connectivity index (χ0) is 24.1. The number of fused-ring (bicyclic) bond motifs is 1. The molecule has 2 aliphatic rings. The lowest BCUT2D eigenvalue weighted by atomic mass is 9.85. The molecule has 0 spiro atoms. The van der Waals surface area contributed by atoms with Gasteiger partial charge in [-0.25, -0.2) is 4.79 Å². The summed E-state index contributed by atoms with van der Waals surface area (Å²) in [6.07, 6.45) is -5.12. The molecule has 6 nitrogen and oxygen atoms in total. The Labute approximate surface area is 185 Å². The summed E-state index contributed by atoms with van der Waals surface area (Å²) >= 11 is 0. The van der Waals surface area contributed by atoms with Gasteiger partial charge in [0.25, 0.3) is 0 Å². The predicted molar refractivity (Wildman–Crippen MR) is 110 cm³/mol. The average molecular weight is 454 g/mol. The van der Waals surface area contributed by atoms with Crippen LogP contribution in [-0.4, -0.2) is 47.5 Å². The molecule has 0 radical (unpaired) electrons. The number of nitrogens with one attached hydrogen (secondary N) is 1. The topological polar surface area (TPSA) is 75.7 Å². The number of hydrogen-bond donors (Lipinski definition) is 1. The highest BCUT2D eigenvalue weighted by atomic mass is 19.4. The fraction of sp³-hybridized carbons (Fsp3) is 0.609. The highest BCUT2D eigenvalue weighted by Gasteiger charge is 2.70. The summed E-state index contributed by atoms with van der Waals surface area (Å²) in [5.41, 5.74) is -0.397. The third-order valence-corrected chi connectivity index (χ3v) is 6.60. The molecular formula is C23H29F3N2O4. The van der Waals surface area contributed by atoms with Gasteiger partial charge in [0, 0.05) is 12.5 Å². The molecule has 1 heterocycles. The molecule has 0 unspecified atom stereocenters. The number of ether oxygens (including phenoxy) is 1. The van der Waals surface area contributed by atoms with Crippen LogP contribution in [0.15, 0.2) is 30.3 Å². The van der Waals surface area contributed by atoms with E-state index in [1.54, 1.807) is 32.9 Å². The normalized spacial score (nSPS) is 25.0. The van der Waals surface area contributed by atoms with Crippen LogP contribution in [0.5, 0.6) is 0 Å². The summed E-state index contributed by atoms with van der Waals surface area (Å²) in [7, 11) is 0. The van der Waals surface area contributed by atoms with Crippen molar-refractivity contribution in [1.29, 1.82) is 0 Å². The Kier molecular flexibility index (Phi) is 6.08. The molecule has 9 heteroatoms. The molecule has 1 aromatic rings. The summed E-state index contributed by atoms with van der Waals surface area (Å²) in [6.45, 7) is 8.95. The van der Waals surface area contributed by atoms with Crippen molar-refractivity contribution >= 4 is 17.8 Å². The fourth-order valence-electron chi connectivity index (χ4n) is 4.62. The molecular weight excluding hydrogens is 425 g/mol. The van der Waals surface area contributed by atoms with Gasteiger partial charge in [-0.1, -0.05) is 65.0 Å². The molecule has 0 bridgehead atoms. The van der Waals surface area contributed by atoms with Gasteiger partial charge in [0.05, 0.1) is 0 Å². The first kappa shape index (κ1) is 24.1. The Morgan fingerprint density at radius 3 is 2.28 bits per heavy atom. The monoisotopic (exact) mass is 454 g/mol. The van der Waals surface area contributed by atoms with Crippen LogP contribution in [-0.2, 0) is 25.7 Å². The van der Waals surface area contributed by atoms with E-state index < -0.39 is 41.5 Å². The number of benzene rings is 1. The molecule has 1 aromatic carbocycles. The second-order valence-corrected chi connectivity index (χ2v) is 10.3. The number of rotatable bonds is 5. The highest BCUT2D eigenvalue weighted by Crippen LogP contribution is 2.65. The molecule has 1 N–H and O–H groups in total. The van der Waals surface area contributed by atoms with Crippen LogP contribution in [0.25, 0.3) is 0 Å². The first-order valence-corrected chi connectivity index (χ1v) is 10.5. The van der Waals surface area contributed by atoms with Crippen molar-refractivity contribution in [2.45, 2.75) is 59.5 Å². The van der Waals surface area contributed by atoms with Crippen molar-refractivity contribution in [2.24, 2.45) is 22.7 Å². The molecule has 1 saturated carbocycles. The van der Waals surface area contributed by atoms with Gasteiger partial charge >= 0.3 is 18.1 Å². The lowest BCUT2D eigenvalue weighted by Gasteiger charge is -2.37. The Hall–Kier alpha value is -2.58.